The SMILES string of the molecule is O=C1NC(=O)N(CCc2ccccc2)/C1=C/c1cccc(Cl)c1. The summed E-state index contributed by atoms with van der Waals surface area (Å²) in [5.74, 6) is -0.386. The minimum atomic E-state index is -0.390. The minimum absolute atomic E-state index is 0.341. The molecule has 1 N–H and O–H groups in total. The first-order valence-corrected chi connectivity index (χ1v) is 7.65. The fraction of sp³-hybridized carbons (Fsp3) is 0.111. The molecule has 3 rings (SSSR count). The summed E-state index contributed by atoms with van der Waals surface area (Å²) in [5, 5.41) is 2.92. The van der Waals surface area contributed by atoms with Crippen LogP contribution in [0.4, 0.5) is 4.79 Å². The van der Waals surface area contributed by atoms with E-state index in [0.29, 0.717) is 23.7 Å². The molecule has 1 fully saturated rings. The van der Waals surface area contributed by atoms with Crippen molar-refractivity contribution in [2.75, 3.05) is 6.54 Å². The molecule has 5 heteroatoms. The number of nitrogens with one attached hydrogen (secondary N) is 1. The van der Waals surface area contributed by atoms with Gasteiger partial charge in [-0.05, 0) is 35.8 Å². The largest absolute Gasteiger partial charge is 0.329 e. The Hall–Kier alpha value is -2.59. The second kappa shape index (κ2) is 6.67. The molecule has 0 aromatic heterocycles. The molecule has 0 spiro atoms. The fourth-order valence-electron chi connectivity index (χ4n) is 2.47. The number of benzene rings is 2. The standard InChI is InChI=1S/C18H15ClN2O2/c19-15-8-4-7-14(11-15)12-16-17(22)20-18(23)21(16)10-9-13-5-2-1-3-6-13/h1-8,11-12H,9-10H2,(H,20,22,23)/b16-12+. The highest BCUT2D eigenvalue weighted by Crippen LogP contribution is 2.19. The van der Waals surface area contributed by atoms with Crippen LogP contribution >= 0.6 is 11.6 Å². The van der Waals surface area contributed by atoms with E-state index >= 15 is 0 Å². The lowest BCUT2D eigenvalue weighted by Crippen LogP contribution is -2.29. The van der Waals surface area contributed by atoms with Crippen molar-refractivity contribution in [3.63, 3.8) is 0 Å². The fourth-order valence-corrected chi connectivity index (χ4v) is 2.66. The van der Waals surface area contributed by atoms with Gasteiger partial charge in [0.15, 0.2) is 0 Å². The van der Waals surface area contributed by atoms with E-state index < -0.39 is 0 Å². The maximum atomic E-state index is 12.0. The van der Waals surface area contributed by atoms with E-state index in [2.05, 4.69) is 5.32 Å². The Kier molecular flexibility index (Phi) is 4.44. The van der Waals surface area contributed by atoms with Gasteiger partial charge in [-0.1, -0.05) is 54.1 Å². The number of nitrogens with zero attached hydrogens (tertiary/aromatic N) is 1. The number of amides is 3. The number of rotatable bonds is 4. The number of hydrogen-bond donors (Lipinski definition) is 1. The van der Waals surface area contributed by atoms with Gasteiger partial charge in [-0.15, -0.1) is 0 Å². The van der Waals surface area contributed by atoms with Crippen LogP contribution in [-0.2, 0) is 11.2 Å². The van der Waals surface area contributed by atoms with Crippen LogP contribution in [0.25, 0.3) is 6.08 Å². The molecule has 0 saturated carbocycles. The van der Waals surface area contributed by atoms with E-state index in [0.717, 1.165) is 11.1 Å². The van der Waals surface area contributed by atoms with Crippen LogP contribution in [0.2, 0.25) is 5.02 Å². The number of halogens is 1. The first-order chi connectivity index (χ1) is 11.1. The molecule has 1 heterocycles. The van der Waals surface area contributed by atoms with Gasteiger partial charge in [-0.25, -0.2) is 4.79 Å². The molecular weight excluding hydrogens is 312 g/mol. The van der Waals surface area contributed by atoms with Crippen molar-refractivity contribution < 1.29 is 9.59 Å². The lowest BCUT2D eigenvalue weighted by Gasteiger charge is -2.15. The van der Waals surface area contributed by atoms with Crippen molar-refractivity contribution in [2.24, 2.45) is 0 Å². The van der Waals surface area contributed by atoms with Crippen molar-refractivity contribution in [1.29, 1.82) is 0 Å². The Morgan fingerprint density at radius 2 is 1.83 bits per heavy atom. The lowest BCUT2D eigenvalue weighted by molar-refractivity contribution is -0.116. The Morgan fingerprint density at radius 3 is 2.57 bits per heavy atom. The van der Waals surface area contributed by atoms with Gasteiger partial charge in [-0.3, -0.25) is 15.0 Å². The van der Waals surface area contributed by atoms with Gasteiger partial charge < -0.3 is 0 Å². The Bertz CT molecular complexity index is 772. The van der Waals surface area contributed by atoms with Crippen molar-refractivity contribution in [1.82, 2.24) is 10.2 Å². The van der Waals surface area contributed by atoms with Gasteiger partial charge in [0.2, 0.25) is 0 Å². The molecule has 0 bridgehead atoms. The molecule has 3 amide bonds. The van der Waals surface area contributed by atoms with Crippen molar-refractivity contribution in [3.8, 4) is 0 Å². The van der Waals surface area contributed by atoms with Gasteiger partial charge in [0.05, 0.1) is 0 Å². The molecule has 0 radical (unpaired) electrons. The first kappa shape index (κ1) is 15.3. The predicted octanol–water partition coefficient (Wildman–Crippen LogP) is 3.48. The summed E-state index contributed by atoms with van der Waals surface area (Å²) < 4.78 is 0. The summed E-state index contributed by atoms with van der Waals surface area (Å²) in [4.78, 5) is 25.5. The monoisotopic (exact) mass is 326 g/mol. The van der Waals surface area contributed by atoms with Crippen LogP contribution < -0.4 is 5.32 Å². The highest BCUT2D eigenvalue weighted by Gasteiger charge is 2.32. The zero-order valence-corrected chi connectivity index (χ0v) is 13.1. The Morgan fingerprint density at radius 1 is 1.04 bits per heavy atom. The van der Waals surface area contributed by atoms with Crippen LogP contribution in [0.3, 0.4) is 0 Å². The van der Waals surface area contributed by atoms with Crippen LogP contribution in [0.15, 0.2) is 60.3 Å². The third kappa shape index (κ3) is 3.60. The highest BCUT2D eigenvalue weighted by molar-refractivity contribution is 6.30. The summed E-state index contributed by atoms with van der Waals surface area (Å²) in [6.07, 6.45) is 2.35. The number of hydrogen-bond acceptors (Lipinski definition) is 2. The maximum Gasteiger partial charge on any atom is 0.329 e. The summed E-state index contributed by atoms with van der Waals surface area (Å²) in [6, 6.07) is 16.6. The molecule has 2 aromatic carbocycles. The Balaban J connectivity index is 1.82. The number of carbonyl (C=O) groups excluding carboxylic acids is 2. The number of urea groups is 1. The second-order valence-electron chi connectivity index (χ2n) is 5.23. The Labute approximate surface area is 139 Å². The quantitative estimate of drug-likeness (QED) is 0.691. The lowest BCUT2D eigenvalue weighted by atomic mass is 10.1. The van der Waals surface area contributed by atoms with Crippen LogP contribution in [0.1, 0.15) is 11.1 Å². The van der Waals surface area contributed by atoms with Crippen LogP contribution in [0.5, 0.6) is 0 Å². The van der Waals surface area contributed by atoms with Gasteiger partial charge >= 0.3 is 6.03 Å². The predicted molar refractivity (Wildman–Crippen MR) is 89.8 cm³/mol. The van der Waals surface area contributed by atoms with E-state index in [1.54, 1.807) is 24.3 Å². The highest BCUT2D eigenvalue weighted by atomic mass is 35.5. The summed E-state index contributed by atoms with van der Waals surface area (Å²) in [7, 11) is 0. The third-order valence-electron chi connectivity index (χ3n) is 3.61. The average Bonchev–Trinajstić information content (AvgIpc) is 2.80. The van der Waals surface area contributed by atoms with Crippen molar-refractivity contribution in [2.45, 2.75) is 6.42 Å². The molecule has 116 valence electrons. The van der Waals surface area contributed by atoms with E-state index in [-0.39, 0.29) is 11.9 Å². The van der Waals surface area contributed by atoms with Crippen LogP contribution in [0, 0.1) is 0 Å². The van der Waals surface area contributed by atoms with E-state index in [9.17, 15) is 9.59 Å². The molecule has 1 saturated heterocycles. The third-order valence-corrected chi connectivity index (χ3v) is 3.84. The second-order valence-corrected chi connectivity index (χ2v) is 5.67. The van der Waals surface area contributed by atoms with Gasteiger partial charge in [0.25, 0.3) is 5.91 Å². The van der Waals surface area contributed by atoms with Crippen LogP contribution in [-0.4, -0.2) is 23.4 Å². The summed E-state index contributed by atoms with van der Waals surface area (Å²) in [6.45, 7) is 0.438. The first-order valence-electron chi connectivity index (χ1n) is 7.27. The molecule has 0 aliphatic carbocycles. The maximum absolute atomic E-state index is 12.0. The minimum Gasteiger partial charge on any atom is -0.289 e. The van der Waals surface area contributed by atoms with Gasteiger partial charge in [0, 0.05) is 11.6 Å². The molecule has 4 nitrogen and oxygen atoms in total. The van der Waals surface area contributed by atoms with E-state index in [4.69, 9.17) is 11.6 Å². The summed E-state index contributed by atoms with van der Waals surface area (Å²) >= 11 is 5.96. The topological polar surface area (TPSA) is 49.4 Å². The molecule has 1 aliphatic rings. The van der Waals surface area contributed by atoms with Crippen molar-refractivity contribution in [3.05, 3.63) is 76.4 Å². The van der Waals surface area contributed by atoms with Crippen molar-refractivity contribution >= 4 is 29.6 Å². The zero-order valence-electron chi connectivity index (χ0n) is 12.3. The van der Waals surface area contributed by atoms with Gasteiger partial charge in [-0.2, -0.15) is 0 Å². The average molecular weight is 327 g/mol. The number of imide groups is 1. The van der Waals surface area contributed by atoms with Gasteiger partial charge in [0.1, 0.15) is 5.70 Å². The van der Waals surface area contributed by atoms with E-state index in [1.165, 1.54) is 4.90 Å². The molecule has 0 atom stereocenters. The number of carbonyl (C=O) groups is 2. The van der Waals surface area contributed by atoms with E-state index in [1.807, 2.05) is 36.4 Å². The smallest absolute Gasteiger partial charge is 0.289 e. The molecular formula is C18H15ClN2O2. The normalized spacial score (nSPS) is 16.0. The molecule has 1 aliphatic heterocycles. The zero-order chi connectivity index (χ0) is 16.2. The molecule has 0 unspecified atom stereocenters. The molecule has 2 aromatic rings. The molecule has 23 heavy (non-hydrogen) atoms. The summed E-state index contributed by atoms with van der Waals surface area (Å²) in [5.41, 5.74) is 2.23.